The fraction of sp³-hybridized carbons (Fsp3) is 0.462. The maximum absolute atomic E-state index is 11.1. The van der Waals surface area contributed by atoms with Crippen LogP contribution in [0.2, 0.25) is 0 Å². The Balaban J connectivity index is 2.01. The van der Waals surface area contributed by atoms with Crippen molar-refractivity contribution >= 4 is 11.6 Å². The maximum Gasteiger partial charge on any atom is 0.222 e. The zero-order chi connectivity index (χ0) is 12.3. The average Bonchev–Trinajstić information content (AvgIpc) is 2.80. The molecule has 1 saturated heterocycles. The molecule has 1 atom stereocenters. The van der Waals surface area contributed by atoms with Crippen LogP contribution >= 0.6 is 0 Å². The molecule has 2 rings (SSSR count). The number of hydrogen-bond donors (Lipinski definition) is 1. The molecule has 92 valence electrons. The van der Waals surface area contributed by atoms with Crippen LogP contribution < -0.4 is 15.4 Å². The quantitative estimate of drug-likeness (QED) is 0.856. The van der Waals surface area contributed by atoms with Crippen LogP contribution in [0.5, 0.6) is 5.75 Å². The third-order valence-electron chi connectivity index (χ3n) is 3.10. The third-order valence-corrected chi connectivity index (χ3v) is 3.10. The monoisotopic (exact) mass is 234 g/mol. The first-order valence-corrected chi connectivity index (χ1v) is 5.98. The molecule has 1 heterocycles. The second-order valence-corrected chi connectivity index (χ2v) is 4.26. The van der Waals surface area contributed by atoms with Crippen molar-refractivity contribution in [1.82, 2.24) is 0 Å². The van der Waals surface area contributed by atoms with Gasteiger partial charge in [0.15, 0.2) is 0 Å². The molecule has 0 spiro atoms. The van der Waals surface area contributed by atoms with E-state index in [1.165, 1.54) is 0 Å². The summed E-state index contributed by atoms with van der Waals surface area (Å²) in [5.74, 6) is 0.668. The number of benzene rings is 1. The number of carbonyl (C=O) groups is 1. The zero-order valence-electron chi connectivity index (χ0n) is 10.1. The van der Waals surface area contributed by atoms with E-state index in [9.17, 15) is 4.79 Å². The van der Waals surface area contributed by atoms with Crippen LogP contribution in [0.3, 0.4) is 0 Å². The summed E-state index contributed by atoms with van der Waals surface area (Å²) in [6.45, 7) is 4.25. The average molecular weight is 234 g/mol. The summed E-state index contributed by atoms with van der Waals surface area (Å²) >= 11 is 0. The number of rotatable bonds is 4. The van der Waals surface area contributed by atoms with Gasteiger partial charge in [0.1, 0.15) is 5.75 Å². The Hall–Kier alpha value is -1.71. The number of carbonyl (C=O) groups excluding carboxylic acids is 1. The molecule has 0 radical (unpaired) electrons. The van der Waals surface area contributed by atoms with Crippen LogP contribution in [0.25, 0.3) is 0 Å². The Morgan fingerprint density at radius 1 is 1.47 bits per heavy atom. The van der Waals surface area contributed by atoms with Crippen LogP contribution in [-0.4, -0.2) is 25.6 Å². The number of ether oxygens (including phenoxy) is 1. The van der Waals surface area contributed by atoms with E-state index in [0.29, 0.717) is 6.61 Å². The van der Waals surface area contributed by atoms with Crippen molar-refractivity contribution in [1.29, 1.82) is 0 Å². The molecule has 0 saturated carbocycles. The summed E-state index contributed by atoms with van der Waals surface area (Å²) in [6.07, 6.45) is 0.850. The highest BCUT2D eigenvalue weighted by Crippen LogP contribution is 2.25. The summed E-state index contributed by atoms with van der Waals surface area (Å²) in [6, 6.07) is 7.95. The Bertz CT molecular complexity index is 389. The predicted molar refractivity (Wildman–Crippen MR) is 67.1 cm³/mol. The largest absolute Gasteiger partial charge is 0.494 e. The fourth-order valence-corrected chi connectivity index (χ4v) is 2.15. The molecule has 0 aliphatic carbocycles. The van der Waals surface area contributed by atoms with Gasteiger partial charge in [-0.25, -0.2) is 0 Å². The van der Waals surface area contributed by atoms with Crippen LogP contribution in [0.1, 0.15) is 13.3 Å². The van der Waals surface area contributed by atoms with Gasteiger partial charge >= 0.3 is 0 Å². The van der Waals surface area contributed by atoms with Gasteiger partial charge in [0.05, 0.1) is 12.5 Å². The van der Waals surface area contributed by atoms with E-state index in [-0.39, 0.29) is 11.8 Å². The van der Waals surface area contributed by atoms with Crippen LogP contribution in [-0.2, 0) is 4.79 Å². The third kappa shape index (κ3) is 2.70. The van der Waals surface area contributed by atoms with Crippen LogP contribution in [0.15, 0.2) is 24.3 Å². The predicted octanol–water partition coefficient (Wildman–Crippen LogP) is 1.40. The second-order valence-electron chi connectivity index (χ2n) is 4.26. The molecule has 1 unspecified atom stereocenters. The molecule has 1 aromatic carbocycles. The zero-order valence-corrected chi connectivity index (χ0v) is 10.1. The van der Waals surface area contributed by atoms with E-state index in [2.05, 4.69) is 4.90 Å². The molecule has 1 aromatic rings. The second kappa shape index (κ2) is 5.08. The number of anilines is 1. The molecule has 1 aliphatic rings. The van der Waals surface area contributed by atoms with Crippen molar-refractivity contribution in [3.63, 3.8) is 0 Å². The van der Waals surface area contributed by atoms with Gasteiger partial charge in [-0.2, -0.15) is 0 Å². The van der Waals surface area contributed by atoms with Crippen molar-refractivity contribution in [2.75, 3.05) is 24.6 Å². The number of hydrogen-bond acceptors (Lipinski definition) is 3. The van der Waals surface area contributed by atoms with E-state index in [1.807, 2.05) is 31.2 Å². The molecule has 4 heteroatoms. The van der Waals surface area contributed by atoms with E-state index in [1.54, 1.807) is 0 Å². The van der Waals surface area contributed by atoms with Crippen LogP contribution in [0.4, 0.5) is 5.69 Å². The number of nitrogens with two attached hydrogens (primary N) is 1. The smallest absolute Gasteiger partial charge is 0.222 e. The highest BCUT2D eigenvalue weighted by atomic mass is 16.5. The molecule has 0 aromatic heterocycles. The van der Waals surface area contributed by atoms with Crippen molar-refractivity contribution < 1.29 is 9.53 Å². The minimum Gasteiger partial charge on any atom is -0.494 e. The van der Waals surface area contributed by atoms with E-state index in [4.69, 9.17) is 10.5 Å². The summed E-state index contributed by atoms with van der Waals surface area (Å²) in [4.78, 5) is 13.3. The van der Waals surface area contributed by atoms with Gasteiger partial charge in [-0.15, -0.1) is 0 Å². The highest BCUT2D eigenvalue weighted by molar-refractivity contribution is 5.78. The molecule has 4 nitrogen and oxygen atoms in total. The lowest BCUT2D eigenvalue weighted by Gasteiger charge is -2.18. The molecular formula is C13H18N2O2. The lowest BCUT2D eigenvalue weighted by molar-refractivity contribution is -0.121. The van der Waals surface area contributed by atoms with Crippen LogP contribution in [0, 0.1) is 5.92 Å². The SMILES string of the molecule is CCOc1ccc(N2CCC(C(N)=O)C2)cc1. The fourth-order valence-electron chi connectivity index (χ4n) is 2.15. The number of primary amides is 1. The Morgan fingerprint density at radius 3 is 2.71 bits per heavy atom. The summed E-state index contributed by atoms with van der Waals surface area (Å²) in [7, 11) is 0. The van der Waals surface area contributed by atoms with Gasteiger partial charge in [0, 0.05) is 18.8 Å². The van der Waals surface area contributed by atoms with E-state index >= 15 is 0 Å². The number of amides is 1. The topological polar surface area (TPSA) is 55.6 Å². The summed E-state index contributed by atoms with van der Waals surface area (Å²) in [5, 5.41) is 0. The van der Waals surface area contributed by atoms with Crippen molar-refractivity contribution in [3.8, 4) is 5.75 Å². The first kappa shape index (κ1) is 11.8. The molecule has 17 heavy (non-hydrogen) atoms. The minimum atomic E-state index is -0.196. The van der Waals surface area contributed by atoms with Crippen molar-refractivity contribution in [2.24, 2.45) is 11.7 Å². The van der Waals surface area contributed by atoms with E-state index in [0.717, 1.165) is 30.9 Å². The Morgan fingerprint density at radius 2 is 2.18 bits per heavy atom. The molecule has 0 bridgehead atoms. The van der Waals surface area contributed by atoms with Gasteiger partial charge in [0.25, 0.3) is 0 Å². The van der Waals surface area contributed by atoms with Crippen molar-refractivity contribution in [3.05, 3.63) is 24.3 Å². The van der Waals surface area contributed by atoms with Gasteiger partial charge in [-0.3, -0.25) is 4.79 Å². The number of nitrogens with zero attached hydrogens (tertiary/aromatic N) is 1. The molecule has 1 aliphatic heterocycles. The Labute approximate surface area is 101 Å². The summed E-state index contributed by atoms with van der Waals surface area (Å²) in [5.41, 5.74) is 6.44. The van der Waals surface area contributed by atoms with Gasteiger partial charge in [-0.1, -0.05) is 0 Å². The molecule has 2 N–H and O–H groups in total. The lowest BCUT2D eigenvalue weighted by atomic mass is 10.1. The highest BCUT2D eigenvalue weighted by Gasteiger charge is 2.26. The first-order valence-electron chi connectivity index (χ1n) is 5.98. The Kier molecular flexibility index (Phi) is 3.52. The van der Waals surface area contributed by atoms with E-state index < -0.39 is 0 Å². The normalized spacial score (nSPS) is 19.4. The minimum absolute atomic E-state index is 0.0124. The molecule has 1 amide bonds. The van der Waals surface area contributed by atoms with Crippen molar-refractivity contribution in [2.45, 2.75) is 13.3 Å². The standard InChI is InChI=1S/C13H18N2O2/c1-2-17-12-5-3-11(4-6-12)15-8-7-10(9-15)13(14)16/h3-6,10H,2,7-9H2,1H3,(H2,14,16). The van der Waals surface area contributed by atoms with Gasteiger partial charge < -0.3 is 15.4 Å². The molecule has 1 fully saturated rings. The summed E-state index contributed by atoms with van der Waals surface area (Å²) < 4.78 is 5.39. The maximum atomic E-state index is 11.1. The molecular weight excluding hydrogens is 216 g/mol. The lowest BCUT2D eigenvalue weighted by Crippen LogP contribution is -2.27. The van der Waals surface area contributed by atoms with Gasteiger partial charge in [-0.05, 0) is 37.6 Å². The van der Waals surface area contributed by atoms with Gasteiger partial charge in [0.2, 0.25) is 5.91 Å². The first-order chi connectivity index (χ1) is 8.20.